The minimum absolute atomic E-state index is 0.555. The highest BCUT2D eigenvalue weighted by molar-refractivity contribution is 7.25. The van der Waals surface area contributed by atoms with Crippen LogP contribution in [0.4, 0.5) is 11.6 Å². The molecule has 4 heterocycles. The number of ether oxygens (including phenoxy) is 1. The summed E-state index contributed by atoms with van der Waals surface area (Å²) >= 11 is 1.60. The fourth-order valence-corrected chi connectivity index (χ4v) is 5.81. The first-order valence-electron chi connectivity index (χ1n) is 12.3. The maximum Gasteiger partial charge on any atom is 0.236 e. The van der Waals surface area contributed by atoms with E-state index >= 15 is 0 Å². The highest BCUT2D eigenvalue weighted by Crippen LogP contribution is 2.40. The molecule has 8 heteroatoms. The van der Waals surface area contributed by atoms with E-state index in [1.807, 2.05) is 31.2 Å². The number of nitrogens with one attached hydrogen (secondary N) is 1. The first-order valence-corrected chi connectivity index (χ1v) is 13.1. The molecule has 2 aromatic carbocycles. The second-order valence-corrected chi connectivity index (χ2v) is 9.98. The van der Waals surface area contributed by atoms with Crippen LogP contribution in [0.25, 0.3) is 42.8 Å². The molecule has 0 unspecified atom stereocenters. The van der Waals surface area contributed by atoms with Gasteiger partial charge in [0.1, 0.15) is 15.0 Å². The van der Waals surface area contributed by atoms with Crippen molar-refractivity contribution in [3.8, 4) is 28.3 Å². The second-order valence-electron chi connectivity index (χ2n) is 8.98. The van der Waals surface area contributed by atoms with Gasteiger partial charge in [-0.25, -0.2) is 9.97 Å². The highest BCUT2D eigenvalue weighted by atomic mass is 32.1. The molecule has 1 fully saturated rings. The fourth-order valence-electron chi connectivity index (χ4n) is 4.68. The average Bonchev–Trinajstić information content (AvgIpc) is 3.29. The molecule has 3 N–H and O–H groups in total. The van der Waals surface area contributed by atoms with Gasteiger partial charge in [0.15, 0.2) is 0 Å². The molecule has 0 spiro atoms. The van der Waals surface area contributed by atoms with Crippen LogP contribution < -0.4 is 20.7 Å². The zero-order chi connectivity index (χ0) is 24.6. The Morgan fingerprint density at radius 1 is 0.944 bits per heavy atom. The fraction of sp³-hybridized carbons (Fsp3) is 0.250. The monoisotopic (exact) mass is 496 g/mol. The first kappa shape index (κ1) is 22.7. The highest BCUT2D eigenvalue weighted by Gasteiger charge is 2.21. The molecular formula is C28H28N6OS. The lowest BCUT2D eigenvalue weighted by Gasteiger charge is -2.27. The Kier molecular flexibility index (Phi) is 5.91. The van der Waals surface area contributed by atoms with Gasteiger partial charge in [-0.1, -0.05) is 36.4 Å². The molecule has 36 heavy (non-hydrogen) atoms. The van der Waals surface area contributed by atoms with E-state index in [0.717, 1.165) is 86.2 Å². The number of aryl methyl sites for hydroxylation is 1. The number of nitrogens with two attached hydrogens (primary N) is 1. The number of thiophene rings is 1. The number of hydrogen-bond donors (Lipinski definition) is 2. The lowest BCUT2D eigenvalue weighted by molar-refractivity contribution is 0.331. The minimum atomic E-state index is 0.555. The molecule has 0 atom stereocenters. The number of anilines is 2. The summed E-state index contributed by atoms with van der Waals surface area (Å²) in [6, 6.07) is 18.6. The number of piperazine rings is 1. The zero-order valence-corrected chi connectivity index (χ0v) is 21.2. The Labute approximate surface area is 214 Å². The number of pyridine rings is 1. The molecule has 6 rings (SSSR count). The number of benzene rings is 2. The normalized spacial score (nSPS) is 14.0. The van der Waals surface area contributed by atoms with Gasteiger partial charge in [0.2, 0.25) is 11.8 Å². The molecule has 1 saturated heterocycles. The van der Waals surface area contributed by atoms with Gasteiger partial charge < -0.3 is 20.7 Å². The Balaban J connectivity index is 1.42. The molecule has 0 saturated carbocycles. The minimum Gasteiger partial charge on any atom is -0.477 e. The van der Waals surface area contributed by atoms with Crippen molar-refractivity contribution in [3.05, 3.63) is 60.2 Å². The van der Waals surface area contributed by atoms with Crippen LogP contribution >= 0.6 is 11.3 Å². The lowest BCUT2D eigenvalue weighted by Crippen LogP contribution is -2.44. The van der Waals surface area contributed by atoms with Crippen molar-refractivity contribution in [1.29, 1.82) is 0 Å². The van der Waals surface area contributed by atoms with Gasteiger partial charge >= 0.3 is 0 Å². The van der Waals surface area contributed by atoms with Crippen LogP contribution in [0.5, 0.6) is 5.88 Å². The third-order valence-electron chi connectivity index (χ3n) is 6.55. The number of nitrogens with zero attached hydrogens (tertiary/aromatic N) is 4. The van der Waals surface area contributed by atoms with Crippen LogP contribution in [-0.4, -0.2) is 47.7 Å². The molecule has 3 aromatic heterocycles. The molecule has 1 aliphatic rings. The number of aromatic nitrogens is 3. The molecule has 5 aromatic rings. The number of nitrogen functional groups attached to an aromatic ring is 1. The van der Waals surface area contributed by atoms with Crippen LogP contribution in [-0.2, 0) is 0 Å². The summed E-state index contributed by atoms with van der Waals surface area (Å²) in [6.45, 7) is 8.30. The SMILES string of the molecule is CCOc1nc(N2CCNCC2)nc2c1sc1nc(-c3ccc(-c4ccc(N)cc4)cc3)cc(C)c12. The van der Waals surface area contributed by atoms with Crippen LogP contribution in [0.3, 0.4) is 0 Å². The lowest BCUT2D eigenvalue weighted by atomic mass is 10.0. The molecule has 182 valence electrons. The maximum atomic E-state index is 5.98. The van der Waals surface area contributed by atoms with Crippen LogP contribution in [0.2, 0.25) is 0 Å². The molecule has 0 aliphatic carbocycles. The summed E-state index contributed by atoms with van der Waals surface area (Å²) < 4.78 is 6.93. The van der Waals surface area contributed by atoms with Crippen molar-refractivity contribution in [2.75, 3.05) is 43.4 Å². The molecule has 0 amide bonds. The van der Waals surface area contributed by atoms with Gasteiger partial charge in [-0.3, -0.25) is 0 Å². The van der Waals surface area contributed by atoms with Crippen molar-refractivity contribution in [2.45, 2.75) is 13.8 Å². The Hall–Kier alpha value is -3.75. The van der Waals surface area contributed by atoms with E-state index in [1.54, 1.807) is 11.3 Å². The average molecular weight is 497 g/mol. The van der Waals surface area contributed by atoms with Crippen molar-refractivity contribution < 1.29 is 4.74 Å². The van der Waals surface area contributed by atoms with Crippen LogP contribution in [0.15, 0.2) is 54.6 Å². The van der Waals surface area contributed by atoms with E-state index in [4.69, 9.17) is 25.4 Å². The summed E-state index contributed by atoms with van der Waals surface area (Å²) in [5.74, 6) is 1.38. The molecule has 1 aliphatic heterocycles. The Bertz CT molecular complexity index is 1540. The standard InChI is InChI=1S/C28H28N6OS/c1-3-35-26-25-24(32-28(33-26)34-14-12-30-13-15-34)23-17(2)16-22(31-27(23)36-25)20-6-4-18(5-7-20)19-8-10-21(29)11-9-19/h4-11,16,30H,3,12-15,29H2,1-2H3. The molecule has 0 radical (unpaired) electrons. The number of rotatable bonds is 5. The summed E-state index contributed by atoms with van der Waals surface area (Å²) in [6.07, 6.45) is 0. The summed E-state index contributed by atoms with van der Waals surface area (Å²) in [5.41, 5.74) is 13.0. The Morgan fingerprint density at radius 3 is 2.31 bits per heavy atom. The van der Waals surface area contributed by atoms with Gasteiger partial charge in [0, 0.05) is 42.8 Å². The van der Waals surface area contributed by atoms with Crippen molar-refractivity contribution in [3.63, 3.8) is 0 Å². The number of fused-ring (bicyclic) bond motifs is 3. The Morgan fingerprint density at radius 2 is 1.61 bits per heavy atom. The van der Waals surface area contributed by atoms with Gasteiger partial charge in [-0.2, -0.15) is 4.98 Å². The topological polar surface area (TPSA) is 89.2 Å². The van der Waals surface area contributed by atoms with E-state index in [2.05, 4.69) is 47.5 Å². The van der Waals surface area contributed by atoms with Gasteiger partial charge in [-0.05, 0) is 48.7 Å². The third kappa shape index (κ3) is 4.12. The van der Waals surface area contributed by atoms with Crippen LogP contribution in [0, 0.1) is 6.92 Å². The van der Waals surface area contributed by atoms with E-state index < -0.39 is 0 Å². The van der Waals surface area contributed by atoms with Crippen molar-refractivity contribution in [1.82, 2.24) is 20.3 Å². The predicted octanol–water partition coefficient (Wildman–Crippen LogP) is 5.27. The van der Waals surface area contributed by atoms with Gasteiger partial charge in [0.05, 0.1) is 12.3 Å². The quantitative estimate of drug-likeness (QED) is 0.320. The van der Waals surface area contributed by atoms with Crippen molar-refractivity contribution in [2.24, 2.45) is 0 Å². The first-order chi connectivity index (χ1) is 17.6. The number of hydrogen-bond acceptors (Lipinski definition) is 8. The van der Waals surface area contributed by atoms with Gasteiger partial charge in [0.25, 0.3) is 0 Å². The van der Waals surface area contributed by atoms with Crippen LogP contribution in [0.1, 0.15) is 12.5 Å². The van der Waals surface area contributed by atoms with Crippen molar-refractivity contribution >= 4 is 43.4 Å². The summed E-state index contributed by atoms with van der Waals surface area (Å²) in [5, 5.41) is 4.47. The van der Waals surface area contributed by atoms with Gasteiger partial charge in [-0.15, -0.1) is 11.3 Å². The zero-order valence-electron chi connectivity index (χ0n) is 20.4. The summed E-state index contributed by atoms with van der Waals surface area (Å²) in [4.78, 5) is 18.1. The summed E-state index contributed by atoms with van der Waals surface area (Å²) in [7, 11) is 0. The van der Waals surface area contributed by atoms with E-state index in [1.165, 1.54) is 0 Å². The molecular weight excluding hydrogens is 468 g/mol. The van der Waals surface area contributed by atoms with E-state index in [9.17, 15) is 0 Å². The predicted molar refractivity (Wildman–Crippen MR) is 149 cm³/mol. The molecule has 7 nitrogen and oxygen atoms in total. The third-order valence-corrected chi connectivity index (χ3v) is 7.61. The molecule has 0 bridgehead atoms. The van der Waals surface area contributed by atoms with E-state index in [-0.39, 0.29) is 0 Å². The maximum absolute atomic E-state index is 5.98. The second kappa shape index (κ2) is 9.37. The smallest absolute Gasteiger partial charge is 0.236 e. The van der Waals surface area contributed by atoms with E-state index in [0.29, 0.717) is 12.5 Å². The largest absolute Gasteiger partial charge is 0.477 e.